The fourth-order valence-electron chi connectivity index (χ4n) is 1.54. The lowest BCUT2D eigenvalue weighted by atomic mass is 10.2. The Balaban J connectivity index is 2.96. The molecule has 0 atom stereocenters. The van der Waals surface area contributed by atoms with Crippen LogP contribution in [-0.2, 0) is 9.59 Å². The van der Waals surface area contributed by atoms with Crippen molar-refractivity contribution in [2.75, 3.05) is 26.6 Å². The number of ether oxygens (including phenoxy) is 3. The SMILES string of the molecule is COc1cc(NC(=O)CC(=O)NO)cc(OC)c1OC. The first kappa shape index (κ1) is 15.6. The molecular weight excluding hydrogens is 268 g/mol. The standard InChI is InChI=1S/C12H16N2O6/c1-18-8-4-7(5-9(19-2)12(8)20-3)13-10(15)6-11(16)14-17/h4-5,17H,6H2,1-3H3,(H,13,15)(H,14,16). The van der Waals surface area contributed by atoms with Crippen LogP contribution in [0.3, 0.4) is 0 Å². The molecule has 0 heterocycles. The number of carbonyl (C=O) groups excluding carboxylic acids is 2. The van der Waals surface area contributed by atoms with Crippen molar-refractivity contribution in [1.82, 2.24) is 5.48 Å². The van der Waals surface area contributed by atoms with E-state index in [1.165, 1.54) is 38.9 Å². The fraction of sp³-hybridized carbons (Fsp3) is 0.333. The van der Waals surface area contributed by atoms with E-state index in [-0.39, 0.29) is 0 Å². The van der Waals surface area contributed by atoms with E-state index in [1.54, 1.807) is 0 Å². The lowest BCUT2D eigenvalue weighted by molar-refractivity contribution is -0.132. The zero-order chi connectivity index (χ0) is 15.1. The van der Waals surface area contributed by atoms with Crippen LogP contribution in [0.15, 0.2) is 12.1 Å². The number of hydrogen-bond donors (Lipinski definition) is 3. The summed E-state index contributed by atoms with van der Waals surface area (Å²) in [5.74, 6) is -0.274. The van der Waals surface area contributed by atoms with Crippen molar-refractivity contribution in [2.24, 2.45) is 0 Å². The molecule has 0 aliphatic rings. The first-order chi connectivity index (χ1) is 9.55. The van der Waals surface area contributed by atoms with Crippen LogP contribution in [0, 0.1) is 0 Å². The van der Waals surface area contributed by atoms with Crippen LogP contribution >= 0.6 is 0 Å². The van der Waals surface area contributed by atoms with Gasteiger partial charge in [-0.2, -0.15) is 0 Å². The number of rotatable bonds is 6. The van der Waals surface area contributed by atoms with Crippen LogP contribution in [0.5, 0.6) is 17.2 Å². The minimum Gasteiger partial charge on any atom is -0.493 e. The van der Waals surface area contributed by atoms with E-state index in [1.807, 2.05) is 0 Å². The molecule has 0 saturated heterocycles. The number of hydrogen-bond acceptors (Lipinski definition) is 6. The van der Waals surface area contributed by atoms with Gasteiger partial charge in [-0.25, -0.2) is 5.48 Å². The lowest BCUT2D eigenvalue weighted by Crippen LogP contribution is -2.25. The fourth-order valence-corrected chi connectivity index (χ4v) is 1.54. The van der Waals surface area contributed by atoms with E-state index < -0.39 is 18.2 Å². The van der Waals surface area contributed by atoms with Gasteiger partial charge in [0.2, 0.25) is 11.7 Å². The summed E-state index contributed by atoms with van der Waals surface area (Å²) in [6.07, 6.45) is -0.507. The maximum atomic E-state index is 11.5. The molecular formula is C12H16N2O6. The van der Waals surface area contributed by atoms with Gasteiger partial charge in [-0.3, -0.25) is 14.8 Å². The normalized spacial score (nSPS) is 9.60. The Bertz CT molecular complexity index is 478. The Kier molecular flexibility index (Phi) is 5.60. The molecule has 0 aliphatic carbocycles. The zero-order valence-electron chi connectivity index (χ0n) is 11.4. The topological polar surface area (TPSA) is 106 Å². The summed E-state index contributed by atoms with van der Waals surface area (Å²) in [5, 5.41) is 10.8. The number of methoxy groups -OCH3 is 3. The molecule has 2 amide bonds. The second kappa shape index (κ2) is 7.19. The quantitative estimate of drug-likeness (QED) is 0.400. The molecule has 1 aromatic rings. The number of anilines is 1. The van der Waals surface area contributed by atoms with E-state index >= 15 is 0 Å². The molecule has 0 aliphatic heterocycles. The van der Waals surface area contributed by atoms with Gasteiger partial charge in [0.1, 0.15) is 6.42 Å². The van der Waals surface area contributed by atoms with Crippen LogP contribution in [0.25, 0.3) is 0 Å². The second-order valence-corrected chi connectivity index (χ2v) is 3.67. The molecule has 0 radical (unpaired) electrons. The molecule has 0 fully saturated rings. The monoisotopic (exact) mass is 284 g/mol. The summed E-state index contributed by atoms with van der Waals surface area (Å²) in [5.41, 5.74) is 1.75. The Morgan fingerprint density at radius 2 is 1.60 bits per heavy atom. The highest BCUT2D eigenvalue weighted by atomic mass is 16.5. The largest absolute Gasteiger partial charge is 0.493 e. The van der Waals surface area contributed by atoms with Crippen molar-refractivity contribution in [3.05, 3.63) is 12.1 Å². The van der Waals surface area contributed by atoms with Gasteiger partial charge in [-0.1, -0.05) is 0 Å². The second-order valence-electron chi connectivity index (χ2n) is 3.67. The summed E-state index contributed by atoms with van der Waals surface area (Å²) < 4.78 is 15.4. The molecule has 0 bridgehead atoms. The van der Waals surface area contributed by atoms with E-state index in [4.69, 9.17) is 19.4 Å². The summed E-state index contributed by atoms with van der Waals surface area (Å²) in [6.45, 7) is 0. The van der Waals surface area contributed by atoms with Crippen molar-refractivity contribution >= 4 is 17.5 Å². The highest BCUT2D eigenvalue weighted by molar-refractivity contribution is 6.03. The Labute approximate surface area is 115 Å². The summed E-state index contributed by atoms with van der Waals surface area (Å²) >= 11 is 0. The summed E-state index contributed by atoms with van der Waals surface area (Å²) in [7, 11) is 4.36. The van der Waals surface area contributed by atoms with Gasteiger partial charge in [0, 0.05) is 17.8 Å². The van der Waals surface area contributed by atoms with E-state index in [2.05, 4.69) is 5.32 Å². The van der Waals surface area contributed by atoms with Crippen LogP contribution in [0.4, 0.5) is 5.69 Å². The van der Waals surface area contributed by atoms with Crippen molar-refractivity contribution in [1.29, 1.82) is 0 Å². The third kappa shape index (κ3) is 3.75. The van der Waals surface area contributed by atoms with Gasteiger partial charge < -0.3 is 19.5 Å². The Morgan fingerprint density at radius 3 is 2.00 bits per heavy atom. The first-order valence-corrected chi connectivity index (χ1v) is 5.58. The van der Waals surface area contributed by atoms with Gasteiger partial charge in [-0.15, -0.1) is 0 Å². The van der Waals surface area contributed by atoms with Crippen LogP contribution in [0.2, 0.25) is 0 Å². The summed E-state index contributed by atoms with van der Waals surface area (Å²) in [4.78, 5) is 22.4. The lowest BCUT2D eigenvalue weighted by Gasteiger charge is -2.14. The molecule has 8 nitrogen and oxygen atoms in total. The van der Waals surface area contributed by atoms with Gasteiger partial charge in [0.25, 0.3) is 5.91 Å². The average molecular weight is 284 g/mol. The third-order valence-corrected chi connectivity index (χ3v) is 2.39. The number of hydroxylamine groups is 1. The minimum absolute atomic E-state index is 0.369. The molecule has 0 aromatic heterocycles. The van der Waals surface area contributed by atoms with E-state index in [0.29, 0.717) is 22.9 Å². The number of amides is 2. The van der Waals surface area contributed by atoms with Crippen LogP contribution in [-0.4, -0.2) is 38.4 Å². The molecule has 110 valence electrons. The van der Waals surface area contributed by atoms with Crippen molar-refractivity contribution < 1.29 is 29.0 Å². The average Bonchev–Trinajstić information content (AvgIpc) is 2.45. The minimum atomic E-state index is -0.810. The number of nitrogens with one attached hydrogen (secondary N) is 2. The molecule has 1 rings (SSSR count). The smallest absolute Gasteiger partial charge is 0.252 e. The predicted octanol–water partition coefficient (Wildman–Crippen LogP) is 0.546. The Morgan fingerprint density at radius 1 is 1.05 bits per heavy atom. The van der Waals surface area contributed by atoms with Gasteiger partial charge >= 0.3 is 0 Å². The maximum absolute atomic E-state index is 11.5. The van der Waals surface area contributed by atoms with Crippen LogP contribution < -0.4 is 25.0 Å². The van der Waals surface area contributed by atoms with Crippen LogP contribution in [0.1, 0.15) is 6.42 Å². The first-order valence-electron chi connectivity index (χ1n) is 5.58. The highest BCUT2D eigenvalue weighted by Crippen LogP contribution is 2.39. The number of benzene rings is 1. The number of carbonyl (C=O) groups is 2. The van der Waals surface area contributed by atoms with E-state index in [9.17, 15) is 9.59 Å². The van der Waals surface area contributed by atoms with Crippen molar-refractivity contribution in [2.45, 2.75) is 6.42 Å². The zero-order valence-corrected chi connectivity index (χ0v) is 11.4. The molecule has 0 saturated carbocycles. The molecule has 0 spiro atoms. The Hall–Kier alpha value is -2.48. The molecule has 0 unspecified atom stereocenters. The third-order valence-electron chi connectivity index (χ3n) is 2.39. The molecule has 20 heavy (non-hydrogen) atoms. The van der Waals surface area contributed by atoms with Crippen molar-refractivity contribution in [3.63, 3.8) is 0 Å². The predicted molar refractivity (Wildman–Crippen MR) is 69.3 cm³/mol. The van der Waals surface area contributed by atoms with E-state index in [0.717, 1.165) is 0 Å². The highest BCUT2D eigenvalue weighted by Gasteiger charge is 2.15. The van der Waals surface area contributed by atoms with Gasteiger partial charge in [0.15, 0.2) is 11.5 Å². The van der Waals surface area contributed by atoms with Gasteiger partial charge in [0.05, 0.1) is 21.3 Å². The molecule has 3 N–H and O–H groups in total. The molecule has 1 aromatic carbocycles. The summed E-state index contributed by atoms with van der Waals surface area (Å²) in [6, 6.07) is 3.05. The molecule has 8 heteroatoms. The van der Waals surface area contributed by atoms with Gasteiger partial charge in [-0.05, 0) is 0 Å². The van der Waals surface area contributed by atoms with Crippen molar-refractivity contribution in [3.8, 4) is 17.2 Å². The maximum Gasteiger partial charge on any atom is 0.252 e.